The zero-order valence-corrected chi connectivity index (χ0v) is 16.6. The Labute approximate surface area is 173 Å². The molecule has 0 radical (unpaired) electrons. The fraction of sp³-hybridized carbons (Fsp3) is 0.0909. The average molecular weight is 413 g/mol. The van der Waals surface area contributed by atoms with Crippen LogP contribution < -0.4 is 10.6 Å². The van der Waals surface area contributed by atoms with Gasteiger partial charge in [-0.25, -0.2) is 0 Å². The van der Waals surface area contributed by atoms with E-state index in [1.165, 1.54) is 6.07 Å². The molecule has 0 heterocycles. The lowest BCUT2D eigenvalue weighted by Crippen LogP contribution is -2.26. The number of hydrogen-bond acceptors (Lipinski definition) is 2. The Balaban J connectivity index is 1.64. The molecule has 0 aliphatic heterocycles. The van der Waals surface area contributed by atoms with Crippen molar-refractivity contribution in [2.75, 3.05) is 5.32 Å². The molecular weight excluding hydrogens is 395 g/mol. The van der Waals surface area contributed by atoms with Gasteiger partial charge in [0.15, 0.2) is 0 Å². The second-order valence-corrected chi connectivity index (χ2v) is 7.11. The molecule has 0 fully saturated rings. The van der Waals surface area contributed by atoms with Gasteiger partial charge in [0.25, 0.3) is 11.8 Å². The fourth-order valence-electron chi connectivity index (χ4n) is 2.68. The summed E-state index contributed by atoms with van der Waals surface area (Å²) in [6.45, 7) is 1.93. The van der Waals surface area contributed by atoms with Crippen molar-refractivity contribution in [3.05, 3.63) is 99.5 Å². The zero-order valence-electron chi connectivity index (χ0n) is 15.1. The third-order valence-electron chi connectivity index (χ3n) is 4.23. The molecule has 0 bridgehead atoms. The number of hydrogen-bond donors (Lipinski definition) is 2. The van der Waals surface area contributed by atoms with Gasteiger partial charge in [0.1, 0.15) is 0 Å². The van der Waals surface area contributed by atoms with Gasteiger partial charge < -0.3 is 10.6 Å². The maximum atomic E-state index is 12.4. The SMILES string of the molecule is CC(NC(=O)c1ccc(NC(=O)c2ccc(Cl)cc2Cl)cc1)c1ccccc1. The Kier molecular flexibility index (Phi) is 6.34. The number of halogens is 2. The molecule has 3 aromatic rings. The largest absolute Gasteiger partial charge is 0.346 e. The normalized spacial score (nSPS) is 11.5. The molecule has 4 nitrogen and oxygen atoms in total. The van der Waals surface area contributed by atoms with E-state index in [0.29, 0.717) is 21.8 Å². The van der Waals surface area contributed by atoms with Crippen LogP contribution in [0.5, 0.6) is 0 Å². The molecule has 2 amide bonds. The Hall–Kier alpha value is -2.82. The molecule has 142 valence electrons. The van der Waals surface area contributed by atoms with Crippen LogP contribution in [0.1, 0.15) is 39.2 Å². The average Bonchev–Trinajstić information content (AvgIpc) is 2.69. The van der Waals surface area contributed by atoms with Gasteiger partial charge in [-0.15, -0.1) is 0 Å². The van der Waals surface area contributed by atoms with Crippen LogP contribution in [0, 0.1) is 0 Å². The van der Waals surface area contributed by atoms with E-state index in [9.17, 15) is 9.59 Å². The molecule has 1 atom stereocenters. The van der Waals surface area contributed by atoms with Crippen molar-refractivity contribution in [3.63, 3.8) is 0 Å². The minimum atomic E-state index is -0.350. The Morgan fingerprint density at radius 2 is 1.54 bits per heavy atom. The van der Waals surface area contributed by atoms with Crippen molar-refractivity contribution < 1.29 is 9.59 Å². The van der Waals surface area contributed by atoms with Gasteiger partial charge >= 0.3 is 0 Å². The van der Waals surface area contributed by atoms with Crippen molar-refractivity contribution in [1.29, 1.82) is 0 Å². The molecule has 0 aliphatic carbocycles. The van der Waals surface area contributed by atoms with Crippen LogP contribution in [0.25, 0.3) is 0 Å². The van der Waals surface area contributed by atoms with E-state index >= 15 is 0 Å². The zero-order chi connectivity index (χ0) is 20.1. The van der Waals surface area contributed by atoms with E-state index in [4.69, 9.17) is 23.2 Å². The monoisotopic (exact) mass is 412 g/mol. The Morgan fingerprint density at radius 3 is 2.18 bits per heavy atom. The quantitative estimate of drug-likeness (QED) is 0.561. The highest BCUT2D eigenvalue weighted by atomic mass is 35.5. The predicted molar refractivity (Wildman–Crippen MR) is 113 cm³/mol. The van der Waals surface area contributed by atoms with E-state index in [0.717, 1.165) is 5.56 Å². The summed E-state index contributed by atoms with van der Waals surface area (Å²) in [7, 11) is 0. The number of anilines is 1. The lowest BCUT2D eigenvalue weighted by Gasteiger charge is -2.14. The third-order valence-corrected chi connectivity index (χ3v) is 4.78. The summed E-state index contributed by atoms with van der Waals surface area (Å²) < 4.78 is 0. The second-order valence-electron chi connectivity index (χ2n) is 6.26. The summed E-state index contributed by atoms with van der Waals surface area (Å²) in [4.78, 5) is 24.8. The Bertz CT molecular complexity index is 989. The number of amides is 2. The van der Waals surface area contributed by atoms with Crippen molar-refractivity contribution in [1.82, 2.24) is 5.32 Å². The highest BCUT2D eigenvalue weighted by Crippen LogP contribution is 2.22. The summed E-state index contributed by atoms with van der Waals surface area (Å²) in [5.74, 6) is -0.536. The van der Waals surface area contributed by atoms with Gasteiger partial charge in [-0.2, -0.15) is 0 Å². The first-order valence-electron chi connectivity index (χ1n) is 8.66. The minimum Gasteiger partial charge on any atom is -0.346 e. The van der Waals surface area contributed by atoms with Crippen LogP contribution in [0.2, 0.25) is 10.0 Å². The highest BCUT2D eigenvalue weighted by Gasteiger charge is 2.13. The van der Waals surface area contributed by atoms with Gasteiger partial charge in [-0.05, 0) is 55.0 Å². The molecule has 6 heteroatoms. The molecule has 1 unspecified atom stereocenters. The predicted octanol–water partition coefficient (Wildman–Crippen LogP) is 5.74. The summed E-state index contributed by atoms with van der Waals surface area (Å²) in [6.07, 6.45) is 0. The summed E-state index contributed by atoms with van der Waals surface area (Å²) in [6, 6.07) is 21.0. The molecule has 2 N–H and O–H groups in total. The lowest BCUT2D eigenvalue weighted by atomic mass is 10.1. The number of nitrogens with one attached hydrogen (secondary N) is 2. The first-order chi connectivity index (χ1) is 13.4. The van der Waals surface area contributed by atoms with Gasteiger partial charge in [-0.1, -0.05) is 53.5 Å². The van der Waals surface area contributed by atoms with E-state index in [-0.39, 0.29) is 22.9 Å². The van der Waals surface area contributed by atoms with E-state index in [1.807, 2.05) is 37.3 Å². The van der Waals surface area contributed by atoms with Crippen molar-refractivity contribution in [3.8, 4) is 0 Å². The topological polar surface area (TPSA) is 58.2 Å². The first-order valence-corrected chi connectivity index (χ1v) is 9.42. The summed E-state index contributed by atoms with van der Waals surface area (Å²) in [5, 5.41) is 6.44. The minimum absolute atomic E-state index is 0.111. The lowest BCUT2D eigenvalue weighted by molar-refractivity contribution is 0.0939. The van der Waals surface area contributed by atoms with Crippen LogP contribution in [0.3, 0.4) is 0 Å². The maximum Gasteiger partial charge on any atom is 0.257 e. The van der Waals surface area contributed by atoms with Gasteiger partial charge in [-0.3, -0.25) is 9.59 Å². The van der Waals surface area contributed by atoms with Crippen LogP contribution >= 0.6 is 23.2 Å². The molecule has 28 heavy (non-hydrogen) atoms. The van der Waals surface area contributed by atoms with Gasteiger partial charge in [0, 0.05) is 16.3 Å². The molecule has 0 aromatic heterocycles. The second kappa shape index (κ2) is 8.91. The Morgan fingerprint density at radius 1 is 0.857 bits per heavy atom. The number of benzene rings is 3. The number of carbonyl (C=O) groups is 2. The first kappa shape index (κ1) is 19.9. The fourth-order valence-corrected chi connectivity index (χ4v) is 3.18. The van der Waals surface area contributed by atoms with Gasteiger partial charge in [0.2, 0.25) is 0 Å². The smallest absolute Gasteiger partial charge is 0.257 e. The highest BCUT2D eigenvalue weighted by molar-refractivity contribution is 6.37. The van der Waals surface area contributed by atoms with Crippen molar-refractivity contribution in [2.24, 2.45) is 0 Å². The van der Waals surface area contributed by atoms with Crippen LogP contribution in [-0.2, 0) is 0 Å². The van der Waals surface area contributed by atoms with Crippen LogP contribution in [-0.4, -0.2) is 11.8 Å². The summed E-state index contributed by atoms with van der Waals surface area (Å²) in [5.41, 5.74) is 2.41. The third kappa shape index (κ3) is 4.91. The van der Waals surface area contributed by atoms with E-state index < -0.39 is 0 Å². The van der Waals surface area contributed by atoms with E-state index in [1.54, 1.807) is 36.4 Å². The van der Waals surface area contributed by atoms with Crippen LogP contribution in [0.15, 0.2) is 72.8 Å². The number of rotatable bonds is 5. The molecule has 3 rings (SSSR count). The molecule has 0 saturated heterocycles. The molecule has 3 aromatic carbocycles. The maximum absolute atomic E-state index is 12.4. The van der Waals surface area contributed by atoms with Crippen molar-refractivity contribution >= 4 is 40.7 Å². The summed E-state index contributed by atoms with van der Waals surface area (Å²) >= 11 is 11.9. The standard InChI is InChI=1S/C22H18Cl2N2O2/c1-14(15-5-3-2-4-6-15)25-21(27)16-7-10-18(11-8-16)26-22(28)19-12-9-17(23)13-20(19)24/h2-14H,1H3,(H,25,27)(H,26,28). The van der Waals surface area contributed by atoms with Crippen molar-refractivity contribution in [2.45, 2.75) is 13.0 Å². The molecule has 0 saturated carbocycles. The number of carbonyl (C=O) groups excluding carboxylic acids is 2. The van der Waals surface area contributed by atoms with Crippen LogP contribution in [0.4, 0.5) is 5.69 Å². The molecule has 0 aliphatic rings. The van der Waals surface area contributed by atoms with E-state index in [2.05, 4.69) is 10.6 Å². The molecular formula is C22H18Cl2N2O2. The van der Waals surface area contributed by atoms with Gasteiger partial charge in [0.05, 0.1) is 16.6 Å². The molecule has 0 spiro atoms.